The van der Waals surface area contributed by atoms with Crippen LogP contribution in [0.2, 0.25) is 0 Å². The molecule has 1 amide bonds. The van der Waals surface area contributed by atoms with Gasteiger partial charge in [0.2, 0.25) is 5.91 Å². The van der Waals surface area contributed by atoms with Gasteiger partial charge < -0.3 is 5.73 Å². The number of hydrogen-bond acceptors (Lipinski definition) is 4. The van der Waals surface area contributed by atoms with Crippen LogP contribution in [0.1, 0.15) is 42.5 Å². The lowest BCUT2D eigenvalue weighted by Gasteiger charge is -2.15. The first-order valence-electron chi connectivity index (χ1n) is 6.52. The number of fused-ring (bicyclic) bond motifs is 1. The summed E-state index contributed by atoms with van der Waals surface area (Å²) in [5.74, 6) is 0.934. The molecular weight excluding hydrogens is 246 g/mol. The molecule has 98 valence electrons. The molecule has 3 atom stereocenters. The van der Waals surface area contributed by atoms with Crippen LogP contribution in [0, 0.1) is 5.92 Å². The number of carbonyl (C=O) groups excluding carboxylic acids is 1. The van der Waals surface area contributed by atoms with Gasteiger partial charge in [0.05, 0.1) is 11.0 Å². The van der Waals surface area contributed by atoms with Crippen LogP contribution in [0.15, 0.2) is 6.20 Å². The summed E-state index contributed by atoms with van der Waals surface area (Å²) in [4.78, 5) is 17.0. The molecule has 0 bridgehead atoms. The van der Waals surface area contributed by atoms with Crippen LogP contribution in [0.5, 0.6) is 0 Å². The lowest BCUT2D eigenvalue weighted by molar-refractivity contribution is -0.120. The predicted molar refractivity (Wildman–Crippen MR) is 71.5 cm³/mol. The molecule has 1 aliphatic heterocycles. The molecule has 18 heavy (non-hydrogen) atoms. The number of rotatable bonds is 4. The molecule has 1 aliphatic carbocycles. The van der Waals surface area contributed by atoms with E-state index in [4.69, 9.17) is 5.73 Å². The van der Waals surface area contributed by atoms with Crippen LogP contribution in [0.3, 0.4) is 0 Å². The van der Waals surface area contributed by atoms with Crippen molar-refractivity contribution in [2.75, 3.05) is 0 Å². The maximum absolute atomic E-state index is 11.2. The van der Waals surface area contributed by atoms with Gasteiger partial charge in [0, 0.05) is 23.0 Å². The number of primary amides is 1. The molecule has 1 aromatic heterocycles. The van der Waals surface area contributed by atoms with E-state index in [1.807, 2.05) is 6.20 Å². The zero-order valence-corrected chi connectivity index (χ0v) is 11.6. The summed E-state index contributed by atoms with van der Waals surface area (Å²) in [6.07, 6.45) is 4.99. The highest BCUT2D eigenvalue weighted by molar-refractivity contribution is 7.11. The SMILES string of the molecule is CC(C)c1cnc(CC23CC2CC(C(N)=O)N3)s1. The number of nitrogens with one attached hydrogen (secondary N) is 1. The molecule has 0 radical (unpaired) electrons. The van der Waals surface area contributed by atoms with Crippen LogP contribution < -0.4 is 11.1 Å². The number of nitrogens with two attached hydrogens (primary N) is 1. The van der Waals surface area contributed by atoms with E-state index in [1.54, 1.807) is 11.3 Å². The van der Waals surface area contributed by atoms with Crippen molar-refractivity contribution in [3.8, 4) is 0 Å². The van der Waals surface area contributed by atoms with Crippen LogP contribution in [-0.2, 0) is 11.2 Å². The number of aromatic nitrogens is 1. The molecule has 1 saturated carbocycles. The highest BCUT2D eigenvalue weighted by Gasteiger charge is 2.61. The number of nitrogens with zero attached hydrogens (tertiary/aromatic N) is 1. The molecule has 4 nitrogen and oxygen atoms in total. The van der Waals surface area contributed by atoms with E-state index in [2.05, 4.69) is 24.1 Å². The average Bonchev–Trinajstić information content (AvgIpc) is 2.69. The highest BCUT2D eigenvalue weighted by atomic mass is 32.1. The van der Waals surface area contributed by atoms with Crippen molar-refractivity contribution >= 4 is 17.2 Å². The Kier molecular flexibility index (Phi) is 2.71. The van der Waals surface area contributed by atoms with E-state index in [0.717, 1.165) is 19.3 Å². The third kappa shape index (κ3) is 1.95. The van der Waals surface area contributed by atoms with E-state index in [-0.39, 0.29) is 17.5 Å². The lowest BCUT2D eigenvalue weighted by Crippen LogP contribution is -2.44. The van der Waals surface area contributed by atoms with Crippen molar-refractivity contribution < 1.29 is 4.79 Å². The Labute approximate surface area is 111 Å². The third-order valence-electron chi connectivity index (χ3n) is 4.16. The maximum atomic E-state index is 11.2. The quantitative estimate of drug-likeness (QED) is 0.865. The van der Waals surface area contributed by atoms with Crippen molar-refractivity contribution in [1.82, 2.24) is 10.3 Å². The first-order valence-corrected chi connectivity index (χ1v) is 7.33. The second-order valence-corrected chi connectivity index (χ2v) is 7.03. The van der Waals surface area contributed by atoms with Crippen molar-refractivity contribution in [3.05, 3.63) is 16.1 Å². The molecule has 2 heterocycles. The van der Waals surface area contributed by atoms with Crippen LogP contribution in [0.25, 0.3) is 0 Å². The van der Waals surface area contributed by atoms with Crippen molar-refractivity contribution in [3.63, 3.8) is 0 Å². The average molecular weight is 265 g/mol. The highest BCUT2D eigenvalue weighted by Crippen LogP contribution is 2.53. The minimum Gasteiger partial charge on any atom is -0.368 e. The Hall–Kier alpha value is -0.940. The van der Waals surface area contributed by atoms with Gasteiger partial charge in [-0.3, -0.25) is 10.1 Å². The number of hydrogen-bond donors (Lipinski definition) is 2. The molecule has 0 spiro atoms. The largest absolute Gasteiger partial charge is 0.368 e. The van der Waals surface area contributed by atoms with Gasteiger partial charge in [-0.05, 0) is 24.7 Å². The minimum atomic E-state index is -0.219. The van der Waals surface area contributed by atoms with Gasteiger partial charge in [0.1, 0.15) is 0 Å². The monoisotopic (exact) mass is 265 g/mol. The van der Waals surface area contributed by atoms with E-state index in [0.29, 0.717) is 11.8 Å². The van der Waals surface area contributed by atoms with Crippen molar-refractivity contribution in [2.45, 2.75) is 50.6 Å². The molecule has 1 saturated heterocycles. The van der Waals surface area contributed by atoms with Gasteiger partial charge in [-0.15, -0.1) is 11.3 Å². The number of carbonyl (C=O) groups is 1. The molecule has 2 fully saturated rings. The van der Waals surface area contributed by atoms with Gasteiger partial charge in [0.15, 0.2) is 0 Å². The third-order valence-corrected chi connectivity index (χ3v) is 5.46. The topological polar surface area (TPSA) is 68.0 Å². The molecule has 2 aliphatic rings. The van der Waals surface area contributed by atoms with E-state index >= 15 is 0 Å². The van der Waals surface area contributed by atoms with E-state index < -0.39 is 0 Å². The van der Waals surface area contributed by atoms with Gasteiger partial charge in [-0.2, -0.15) is 0 Å². The molecule has 0 aromatic carbocycles. The van der Waals surface area contributed by atoms with Crippen molar-refractivity contribution in [1.29, 1.82) is 0 Å². The number of thiazole rings is 1. The maximum Gasteiger partial charge on any atom is 0.234 e. The smallest absolute Gasteiger partial charge is 0.234 e. The fourth-order valence-electron chi connectivity index (χ4n) is 2.95. The van der Waals surface area contributed by atoms with Crippen LogP contribution >= 0.6 is 11.3 Å². The second-order valence-electron chi connectivity index (χ2n) is 5.88. The molecule has 3 unspecified atom stereocenters. The lowest BCUT2D eigenvalue weighted by atomic mass is 10.1. The summed E-state index contributed by atoms with van der Waals surface area (Å²) in [7, 11) is 0. The van der Waals surface area contributed by atoms with Gasteiger partial charge in [0.25, 0.3) is 0 Å². The second kappa shape index (κ2) is 4.03. The molecule has 3 N–H and O–H groups in total. The summed E-state index contributed by atoms with van der Waals surface area (Å²) in [6, 6.07) is -0.131. The molecule has 5 heteroatoms. The Bertz CT molecular complexity index is 484. The Morgan fingerprint density at radius 1 is 1.72 bits per heavy atom. The summed E-state index contributed by atoms with van der Waals surface area (Å²) >= 11 is 1.80. The van der Waals surface area contributed by atoms with Gasteiger partial charge >= 0.3 is 0 Å². The minimum absolute atomic E-state index is 0.117. The fourth-order valence-corrected chi connectivity index (χ4v) is 4.00. The van der Waals surface area contributed by atoms with Crippen LogP contribution in [0.4, 0.5) is 0 Å². The molecule has 3 rings (SSSR count). The predicted octanol–water partition coefficient (Wildman–Crippen LogP) is 1.41. The zero-order chi connectivity index (χ0) is 12.9. The summed E-state index contributed by atoms with van der Waals surface area (Å²) < 4.78 is 0. The Morgan fingerprint density at radius 3 is 3.06 bits per heavy atom. The fraction of sp³-hybridized carbons (Fsp3) is 0.692. The Morgan fingerprint density at radius 2 is 2.50 bits per heavy atom. The normalized spacial score (nSPS) is 33.7. The standard InChI is InChI=1S/C13H19N3OS/c1-7(2)10-6-15-11(18-10)5-13-4-8(13)3-9(16-13)12(14)17/h6-9,16H,3-5H2,1-2H3,(H2,14,17). The van der Waals surface area contributed by atoms with Crippen LogP contribution in [-0.4, -0.2) is 22.5 Å². The van der Waals surface area contributed by atoms with E-state index in [1.165, 1.54) is 9.88 Å². The summed E-state index contributed by atoms with van der Waals surface area (Å²) in [6.45, 7) is 4.37. The summed E-state index contributed by atoms with van der Waals surface area (Å²) in [5, 5.41) is 4.60. The first kappa shape index (κ1) is 12.1. The number of amides is 1. The molecular formula is C13H19N3OS. The Balaban J connectivity index is 1.68. The first-order chi connectivity index (χ1) is 8.50. The van der Waals surface area contributed by atoms with Gasteiger partial charge in [-0.25, -0.2) is 4.98 Å². The van der Waals surface area contributed by atoms with E-state index in [9.17, 15) is 4.79 Å². The summed E-state index contributed by atoms with van der Waals surface area (Å²) in [5.41, 5.74) is 5.48. The zero-order valence-electron chi connectivity index (χ0n) is 10.8. The van der Waals surface area contributed by atoms with Gasteiger partial charge in [-0.1, -0.05) is 13.8 Å². The molecule has 1 aromatic rings. The van der Waals surface area contributed by atoms with Crippen molar-refractivity contribution in [2.24, 2.45) is 11.7 Å². The number of piperidine rings is 1.